The number of piperazine rings is 1. The predicted molar refractivity (Wildman–Crippen MR) is 94.8 cm³/mol. The normalized spacial score (nSPS) is 14.1. The average Bonchev–Trinajstić information content (AvgIpc) is 2.68. The van der Waals surface area contributed by atoms with Crippen LogP contribution in [0, 0.1) is 0 Å². The summed E-state index contributed by atoms with van der Waals surface area (Å²) in [6.07, 6.45) is 2.98. The first-order chi connectivity index (χ1) is 12.2. The Balaban J connectivity index is 1.63. The lowest BCUT2D eigenvalue weighted by Crippen LogP contribution is -2.48. The Morgan fingerprint density at radius 3 is 2.48 bits per heavy atom. The van der Waals surface area contributed by atoms with Crippen molar-refractivity contribution in [3.63, 3.8) is 0 Å². The van der Waals surface area contributed by atoms with Crippen molar-refractivity contribution in [3.8, 4) is 0 Å². The number of hydrogen-bond donors (Lipinski definition) is 1. The van der Waals surface area contributed by atoms with Crippen molar-refractivity contribution in [2.75, 3.05) is 43.5 Å². The van der Waals surface area contributed by atoms with Crippen LogP contribution in [0.1, 0.15) is 10.4 Å². The molecule has 1 saturated heterocycles. The number of methoxy groups -OCH3 is 1. The minimum absolute atomic E-state index is 0.0390. The number of nitrogens with zero attached hydrogens (tertiary/aromatic N) is 3. The summed E-state index contributed by atoms with van der Waals surface area (Å²) < 4.78 is 4.57. The second kappa shape index (κ2) is 7.65. The first-order valence-electron chi connectivity index (χ1n) is 8.06. The molecule has 0 bridgehead atoms. The molecule has 0 spiro atoms. The highest BCUT2D eigenvalue weighted by atomic mass is 16.5. The van der Waals surface area contributed by atoms with Gasteiger partial charge in [-0.25, -0.2) is 4.79 Å². The van der Waals surface area contributed by atoms with E-state index in [1.165, 1.54) is 7.11 Å². The molecule has 0 unspecified atom stereocenters. The Labute approximate surface area is 146 Å². The highest BCUT2D eigenvalue weighted by molar-refractivity contribution is 5.96. The molecule has 1 N–H and O–H groups in total. The zero-order valence-corrected chi connectivity index (χ0v) is 14.0. The number of pyridine rings is 1. The molecule has 1 aliphatic heterocycles. The molecule has 3 rings (SSSR count). The van der Waals surface area contributed by atoms with Crippen LogP contribution in [0.5, 0.6) is 0 Å². The minimum atomic E-state index is -0.560. The monoisotopic (exact) mass is 340 g/mol. The van der Waals surface area contributed by atoms with Gasteiger partial charge in [-0.05, 0) is 30.3 Å². The molecule has 25 heavy (non-hydrogen) atoms. The van der Waals surface area contributed by atoms with Crippen LogP contribution in [0.2, 0.25) is 0 Å². The van der Waals surface area contributed by atoms with Gasteiger partial charge in [0, 0.05) is 55.5 Å². The van der Waals surface area contributed by atoms with Crippen molar-refractivity contribution in [3.05, 3.63) is 54.4 Å². The van der Waals surface area contributed by atoms with Gasteiger partial charge < -0.3 is 14.5 Å². The summed E-state index contributed by atoms with van der Waals surface area (Å²) in [6.45, 7) is 2.84. The van der Waals surface area contributed by atoms with Gasteiger partial charge in [-0.3, -0.25) is 15.1 Å². The van der Waals surface area contributed by atoms with Crippen molar-refractivity contribution < 1.29 is 14.3 Å². The van der Waals surface area contributed by atoms with Crippen LogP contribution >= 0.6 is 0 Å². The Morgan fingerprint density at radius 1 is 1.08 bits per heavy atom. The van der Waals surface area contributed by atoms with Crippen LogP contribution in [-0.4, -0.2) is 55.2 Å². The molecule has 1 aromatic carbocycles. The minimum Gasteiger partial charge on any atom is -0.453 e. The smallest absolute Gasteiger partial charge is 0.411 e. The van der Waals surface area contributed by atoms with Gasteiger partial charge in [0.05, 0.1) is 7.11 Å². The molecule has 7 nitrogen and oxygen atoms in total. The SMILES string of the molecule is COC(=O)Nc1cccc(C(=O)N2CCN(c3ccncc3)CC2)c1. The van der Waals surface area contributed by atoms with Gasteiger partial charge in [0.1, 0.15) is 0 Å². The van der Waals surface area contributed by atoms with Crippen molar-refractivity contribution in [1.29, 1.82) is 0 Å². The average molecular weight is 340 g/mol. The number of aromatic nitrogens is 1. The Kier molecular flexibility index (Phi) is 5.13. The van der Waals surface area contributed by atoms with Gasteiger partial charge in [-0.2, -0.15) is 0 Å². The summed E-state index contributed by atoms with van der Waals surface area (Å²) in [5.41, 5.74) is 2.20. The first kappa shape index (κ1) is 16.8. The van der Waals surface area contributed by atoms with E-state index in [-0.39, 0.29) is 5.91 Å². The fourth-order valence-corrected chi connectivity index (χ4v) is 2.80. The predicted octanol–water partition coefficient (Wildman–Crippen LogP) is 2.22. The molecule has 7 heteroatoms. The van der Waals surface area contributed by atoms with E-state index in [9.17, 15) is 9.59 Å². The molecule has 1 aromatic heterocycles. The number of ether oxygens (including phenoxy) is 1. The molecule has 2 aromatic rings. The quantitative estimate of drug-likeness (QED) is 0.927. The van der Waals surface area contributed by atoms with E-state index in [0.717, 1.165) is 18.8 Å². The molecule has 1 aliphatic rings. The highest BCUT2D eigenvalue weighted by Gasteiger charge is 2.22. The Morgan fingerprint density at radius 2 is 1.80 bits per heavy atom. The van der Waals surface area contributed by atoms with Gasteiger partial charge in [0.15, 0.2) is 0 Å². The van der Waals surface area contributed by atoms with E-state index in [4.69, 9.17) is 0 Å². The number of rotatable bonds is 3. The molecule has 0 atom stereocenters. The van der Waals surface area contributed by atoms with Gasteiger partial charge in [0.2, 0.25) is 0 Å². The van der Waals surface area contributed by atoms with E-state index in [1.54, 1.807) is 36.7 Å². The van der Waals surface area contributed by atoms with Crippen LogP contribution in [0.15, 0.2) is 48.8 Å². The van der Waals surface area contributed by atoms with E-state index in [1.807, 2.05) is 17.0 Å². The lowest BCUT2D eigenvalue weighted by Gasteiger charge is -2.36. The zero-order valence-electron chi connectivity index (χ0n) is 14.0. The third kappa shape index (κ3) is 4.06. The van der Waals surface area contributed by atoms with E-state index in [2.05, 4.69) is 19.9 Å². The fourth-order valence-electron chi connectivity index (χ4n) is 2.80. The zero-order chi connectivity index (χ0) is 17.6. The molecule has 130 valence electrons. The third-order valence-corrected chi connectivity index (χ3v) is 4.14. The maximum atomic E-state index is 12.7. The van der Waals surface area contributed by atoms with E-state index < -0.39 is 6.09 Å². The lowest BCUT2D eigenvalue weighted by molar-refractivity contribution is 0.0746. The maximum absolute atomic E-state index is 12.7. The summed E-state index contributed by atoms with van der Waals surface area (Å²) in [5, 5.41) is 2.57. The summed E-state index contributed by atoms with van der Waals surface area (Å²) in [7, 11) is 1.30. The summed E-state index contributed by atoms with van der Waals surface area (Å²) in [4.78, 5) is 32.1. The summed E-state index contributed by atoms with van der Waals surface area (Å²) >= 11 is 0. The third-order valence-electron chi connectivity index (χ3n) is 4.14. The van der Waals surface area contributed by atoms with Crippen LogP contribution in [0.4, 0.5) is 16.2 Å². The number of hydrogen-bond acceptors (Lipinski definition) is 5. The topological polar surface area (TPSA) is 74.8 Å². The number of carbonyl (C=O) groups is 2. The fraction of sp³-hybridized carbons (Fsp3) is 0.278. The van der Waals surface area contributed by atoms with Crippen molar-refractivity contribution in [2.24, 2.45) is 0 Å². The first-order valence-corrected chi connectivity index (χ1v) is 8.06. The molecular weight excluding hydrogens is 320 g/mol. The lowest BCUT2D eigenvalue weighted by atomic mass is 10.1. The van der Waals surface area contributed by atoms with Gasteiger partial charge in [-0.15, -0.1) is 0 Å². The molecule has 1 fully saturated rings. The second-order valence-electron chi connectivity index (χ2n) is 5.68. The van der Waals surface area contributed by atoms with Gasteiger partial charge in [0.25, 0.3) is 5.91 Å². The maximum Gasteiger partial charge on any atom is 0.411 e. The second-order valence-corrected chi connectivity index (χ2v) is 5.68. The largest absolute Gasteiger partial charge is 0.453 e. The number of benzene rings is 1. The highest BCUT2D eigenvalue weighted by Crippen LogP contribution is 2.17. The van der Waals surface area contributed by atoms with Crippen LogP contribution in [0.25, 0.3) is 0 Å². The van der Waals surface area contributed by atoms with Crippen molar-refractivity contribution in [1.82, 2.24) is 9.88 Å². The Bertz CT molecular complexity index is 743. The van der Waals surface area contributed by atoms with Gasteiger partial charge >= 0.3 is 6.09 Å². The number of amides is 2. The van der Waals surface area contributed by atoms with E-state index >= 15 is 0 Å². The Hall–Kier alpha value is -3.09. The summed E-state index contributed by atoms with van der Waals surface area (Å²) in [6, 6.07) is 10.8. The molecule has 0 radical (unpaired) electrons. The van der Waals surface area contributed by atoms with Crippen LogP contribution < -0.4 is 10.2 Å². The van der Waals surface area contributed by atoms with Crippen LogP contribution in [-0.2, 0) is 4.74 Å². The number of carbonyl (C=O) groups excluding carboxylic acids is 2. The molecule has 2 heterocycles. The van der Waals surface area contributed by atoms with Crippen LogP contribution in [0.3, 0.4) is 0 Å². The van der Waals surface area contributed by atoms with E-state index in [0.29, 0.717) is 24.3 Å². The van der Waals surface area contributed by atoms with Gasteiger partial charge in [-0.1, -0.05) is 6.07 Å². The summed E-state index contributed by atoms with van der Waals surface area (Å²) in [5.74, 6) is -0.0390. The standard InChI is InChI=1S/C18H20N4O3/c1-25-18(24)20-15-4-2-3-14(13-15)17(23)22-11-9-21(10-12-22)16-5-7-19-8-6-16/h2-8,13H,9-12H2,1H3,(H,20,24). The number of anilines is 2. The molecule has 0 saturated carbocycles. The number of nitrogens with one attached hydrogen (secondary N) is 1. The molecule has 2 amide bonds. The van der Waals surface area contributed by atoms with Crippen molar-refractivity contribution >= 4 is 23.4 Å². The van der Waals surface area contributed by atoms with Crippen molar-refractivity contribution in [2.45, 2.75) is 0 Å². The molecule has 0 aliphatic carbocycles. The molecular formula is C18H20N4O3.